The lowest BCUT2D eigenvalue weighted by atomic mass is 10.1. The number of aliphatic hydroxyl groups is 1. The van der Waals surface area contributed by atoms with Crippen LogP contribution in [0.2, 0.25) is 0 Å². The van der Waals surface area contributed by atoms with E-state index in [1.165, 1.54) is 5.56 Å². The average Bonchev–Trinajstić information content (AvgIpc) is 3.09. The highest BCUT2D eigenvalue weighted by atomic mass is 16.6. The van der Waals surface area contributed by atoms with E-state index in [1.54, 1.807) is 0 Å². The SMILES string of the molecule is OCCOC(Cc1ccccc1)C1CO1. The molecule has 2 atom stereocenters. The molecule has 0 aromatic heterocycles. The Morgan fingerprint density at radius 3 is 2.73 bits per heavy atom. The van der Waals surface area contributed by atoms with Crippen molar-refractivity contribution < 1.29 is 14.6 Å². The molecule has 2 unspecified atom stereocenters. The first-order valence-electron chi connectivity index (χ1n) is 5.28. The molecule has 82 valence electrons. The Morgan fingerprint density at radius 1 is 1.40 bits per heavy atom. The van der Waals surface area contributed by atoms with Crippen LogP contribution in [0.3, 0.4) is 0 Å². The fourth-order valence-electron chi connectivity index (χ4n) is 1.62. The summed E-state index contributed by atoms with van der Waals surface area (Å²) in [5.74, 6) is 0. The van der Waals surface area contributed by atoms with Gasteiger partial charge in [0.05, 0.1) is 25.9 Å². The van der Waals surface area contributed by atoms with Gasteiger partial charge in [-0.2, -0.15) is 0 Å². The first-order valence-corrected chi connectivity index (χ1v) is 5.28. The van der Waals surface area contributed by atoms with E-state index in [4.69, 9.17) is 14.6 Å². The molecule has 1 fully saturated rings. The lowest BCUT2D eigenvalue weighted by Gasteiger charge is -2.14. The van der Waals surface area contributed by atoms with Crippen LogP contribution in [0.5, 0.6) is 0 Å². The fourth-order valence-corrected chi connectivity index (χ4v) is 1.62. The smallest absolute Gasteiger partial charge is 0.107 e. The van der Waals surface area contributed by atoms with Crippen LogP contribution in [0.25, 0.3) is 0 Å². The highest BCUT2D eigenvalue weighted by Gasteiger charge is 2.33. The van der Waals surface area contributed by atoms with Crippen molar-refractivity contribution in [1.29, 1.82) is 0 Å². The van der Waals surface area contributed by atoms with Crippen LogP contribution in [-0.2, 0) is 15.9 Å². The van der Waals surface area contributed by atoms with Crippen LogP contribution >= 0.6 is 0 Å². The van der Waals surface area contributed by atoms with Gasteiger partial charge >= 0.3 is 0 Å². The maximum absolute atomic E-state index is 8.72. The molecule has 1 N–H and O–H groups in total. The van der Waals surface area contributed by atoms with E-state index in [9.17, 15) is 0 Å². The third kappa shape index (κ3) is 3.30. The minimum absolute atomic E-state index is 0.0675. The topological polar surface area (TPSA) is 42.0 Å². The van der Waals surface area contributed by atoms with Gasteiger partial charge in [-0.25, -0.2) is 0 Å². The molecule has 1 aliphatic rings. The van der Waals surface area contributed by atoms with E-state index in [-0.39, 0.29) is 18.8 Å². The predicted octanol–water partition coefficient (Wildman–Crippen LogP) is 1.01. The van der Waals surface area contributed by atoms with Crippen molar-refractivity contribution in [3.05, 3.63) is 35.9 Å². The first-order chi connectivity index (χ1) is 7.40. The summed E-state index contributed by atoms with van der Waals surface area (Å²) < 4.78 is 10.8. The van der Waals surface area contributed by atoms with Crippen molar-refractivity contribution in [2.24, 2.45) is 0 Å². The Morgan fingerprint density at radius 2 is 2.13 bits per heavy atom. The summed E-state index contributed by atoms with van der Waals surface area (Å²) in [5, 5.41) is 8.72. The predicted molar refractivity (Wildman–Crippen MR) is 56.7 cm³/mol. The van der Waals surface area contributed by atoms with Crippen molar-refractivity contribution in [2.75, 3.05) is 19.8 Å². The second-order valence-electron chi connectivity index (χ2n) is 3.69. The van der Waals surface area contributed by atoms with Crippen LogP contribution < -0.4 is 0 Å². The molecule has 0 bridgehead atoms. The minimum Gasteiger partial charge on any atom is -0.394 e. The standard InChI is InChI=1S/C12H16O3/c13-6-7-14-11(12-9-15-12)8-10-4-2-1-3-5-10/h1-5,11-13H,6-9H2. The van der Waals surface area contributed by atoms with E-state index >= 15 is 0 Å². The number of rotatable bonds is 6. The molecule has 3 heteroatoms. The van der Waals surface area contributed by atoms with Crippen LogP contribution in [-0.4, -0.2) is 37.1 Å². The van der Waals surface area contributed by atoms with Gasteiger partial charge in [-0.1, -0.05) is 30.3 Å². The van der Waals surface area contributed by atoms with Gasteiger partial charge in [-0.3, -0.25) is 0 Å². The van der Waals surface area contributed by atoms with Crippen molar-refractivity contribution in [3.8, 4) is 0 Å². The van der Waals surface area contributed by atoms with Crippen LogP contribution in [0.15, 0.2) is 30.3 Å². The zero-order valence-corrected chi connectivity index (χ0v) is 8.63. The first kappa shape index (κ1) is 10.6. The number of epoxide rings is 1. The van der Waals surface area contributed by atoms with Gasteiger partial charge in [0.15, 0.2) is 0 Å². The van der Waals surface area contributed by atoms with Gasteiger partial charge in [0.1, 0.15) is 6.10 Å². The summed E-state index contributed by atoms with van der Waals surface area (Å²) in [7, 11) is 0. The van der Waals surface area contributed by atoms with Crippen molar-refractivity contribution in [2.45, 2.75) is 18.6 Å². The minimum atomic E-state index is 0.0675. The lowest BCUT2D eigenvalue weighted by molar-refractivity contribution is 0.0134. The molecule has 0 radical (unpaired) electrons. The average molecular weight is 208 g/mol. The molecular formula is C12H16O3. The van der Waals surface area contributed by atoms with Gasteiger partial charge in [0, 0.05) is 6.42 Å². The van der Waals surface area contributed by atoms with E-state index in [2.05, 4.69) is 12.1 Å². The third-order valence-electron chi connectivity index (χ3n) is 2.48. The van der Waals surface area contributed by atoms with Gasteiger partial charge < -0.3 is 14.6 Å². The number of ether oxygens (including phenoxy) is 2. The Bertz CT molecular complexity index is 282. The molecule has 1 aliphatic heterocycles. The molecule has 15 heavy (non-hydrogen) atoms. The zero-order valence-electron chi connectivity index (χ0n) is 8.63. The Hall–Kier alpha value is -0.900. The van der Waals surface area contributed by atoms with E-state index in [1.807, 2.05) is 18.2 Å². The summed E-state index contributed by atoms with van der Waals surface area (Å²) >= 11 is 0. The normalized spacial score (nSPS) is 21.3. The Balaban J connectivity index is 1.88. The molecule has 0 saturated carbocycles. The summed E-state index contributed by atoms with van der Waals surface area (Å²) in [6.45, 7) is 1.23. The van der Waals surface area contributed by atoms with E-state index in [0.29, 0.717) is 6.61 Å². The van der Waals surface area contributed by atoms with Crippen LogP contribution in [0.1, 0.15) is 5.56 Å². The van der Waals surface area contributed by atoms with Crippen LogP contribution in [0, 0.1) is 0 Å². The number of benzene rings is 1. The molecule has 0 amide bonds. The molecule has 0 spiro atoms. The van der Waals surface area contributed by atoms with E-state index in [0.717, 1.165) is 13.0 Å². The summed E-state index contributed by atoms with van der Waals surface area (Å²) in [6, 6.07) is 10.2. The molecule has 3 nitrogen and oxygen atoms in total. The second kappa shape index (κ2) is 5.26. The Labute approximate surface area is 89.6 Å². The molecule has 1 saturated heterocycles. The highest BCUT2D eigenvalue weighted by molar-refractivity contribution is 5.16. The van der Waals surface area contributed by atoms with E-state index < -0.39 is 0 Å². The summed E-state index contributed by atoms with van der Waals surface area (Å²) in [6.07, 6.45) is 1.15. The van der Waals surface area contributed by atoms with Gasteiger partial charge in [-0.15, -0.1) is 0 Å². The monoisotopic (exact) mass is 208 g/mol. The van der Waals surface area contributed by atoms with Gasteiger partial charge in [0.25, 0.3) is 0 Å². The number of hydrogen-bond donors (Lipinski definition) is 1. The summed E-state index contributed by atoms with van der Waals surface area (Å²) in [4.78, 5) is 0. The fraction of sp³-hybridized carbons (Fsp3) is 0.500. The molecule has 0 aliphatic carbocycles. The van der Waals surface area contributed by atoms with Gasteiger partial charge in [0.2, 0.25) is 0 Å². The number of aliphatic hydroxyl groups excluding tert-OH is 1. The molecule has 2 rings (SSSR count). The second-order valence-corrected chi connectivity index (χ2v) is 3.69. The maximum Gasteiger partial charge on any atom is 0.107 e. The lowest BCUT2D eigenvalue weighted by Crippen LogP contribution is -2.24. The Kier molecular flexibility index (Phi) is 3.72. The molecule has 1 aromatic rings. The van der Waals surface area contributed by atoms with Crippen molar-refractivity contribution in [3.63, 3.8) is 0 Å². The quantitative estimate of drug-likeness (QED) is 0.709. The highest BCUT2D eigenvalue weighted by Crippen LogP contribution is 2.20. The molecule has 1 heterocycles. The molecular weight excluding hydrogens is 192 g/mol. The largest absolute Gasteiger partial charge is 0.394 e. The van der Waals surface area contributed by atoms with Crippen molar-refractivity contribution in [1.82, 2.24) is 0 Å². The summed E-state index contributed by atoms with van der Waals surface area (Å²) in [5.41, 5.74) is 1.25. The molecule has 1 aromatic carbocycles. The van der Waals surface area contributed by atoms with Crippen molar-refractivity contribution >= 4 is 0 Å². The third-order valence-corrected chi connectivity index (χ3v) is 2.48. The zero-order chi connectivity index (χ0) is 10.5. The maximum atomic E-state index is 8.72. The van der Waals surface area contributed by atoms with Crippen LogP contribution in [0.4, 0.5) is 0 Å². The van der Waals surface area contributed by atoms with Gasteiger partial charge in [-0.05, 0) is 5.56 Å². The number of hydrogen-bond acceptors (Lipinski definition) is 3.